The molecule has 0 saturated heterocycles. The van der Waals surface area contributed by atoms with Crippen molar-refractivity contribution >= 4 is 11.9 Å². The molecular weight excluding hydrogens is 458 g/mol. The largest absolute Gasteiger partial charge is 0.454 e. The number of rotatable bonds is 11. The Morgan fingerprint density at radius 2 is 1.73 bits per heavy atom. The molecule has 4 heteroatoms. The van der Waals surface area contributed by atoms with E-state index in [1.165, 1.54) is 67.3 Å². The molecule has 1 aromatic heterocycles. The molecule has 0 spiro atoms. The van der Waals surface area contributed by atoms with E-state index in [9.17, 15) is 4.79 Å². The van der Waals surface area contributed by atoms with E-state index in [2.05, 4.69) is 30.4 Å². The zero-order valence-electron chi connectivity index (χ0n) is 22.4. The van der Waals surface area contributed by atoms with Crippen molar-refractivity contribution in [2.45, 2.75) is 103 Å². The van der Waals surface area contributed by atoms with Crippen LogP contribution in [0, 0.1) is 11.8 Å². The summed E-state index contributed by atoms with van der Waals surface area (Å²) in [7, 11) is 0. The molecule has 3 aliphatic rings. The van der Waals surface area contributed by atoms with Crippen LogP contribution >= 0.6 is 0 Å². The van der Waals surface area contributed by atoms with Gasteiger partial charge in [0, 0.05) is 24.7 Å². The lowest BCUT2D eigenvalue weighted by Crippen LogP contribution is -2.14. The van der Waals surface area contributed by atoms with E-state index in [0.717, 1.165) is 81.1 Å². The number of allylic oxidation sites excluding steroid dienone is 1. The van der Waals surface area contributed by atoms with Gasteiger partial charge in [-0.3, -0.25) is 9.78 Å². The number of aromatic nitrogens is 1. The Morgan fingerprint density at radius 1 is 0.919 bits per heavy atom. The van der Waals surface area contributed by atoms with Gasteiger partial charge >= 0.3 is 0 Å². The van der Waals surface area contributed by atoms with E-state index in [1.807, 2.05) is 12.3 Å². The quantitative estimate of drug-likeness (QED) is 0.292. The number of carbonyl (C=O) groups is 1. The molecule has 37 heavy (non-hydrogen) atoms. The highest BCUT2D eigenvalue weighted by molar-refractivity contribution is 5.78. The van der Waals surface area contributed by atoms with Crippen molar-refractivity contribution in [3.8, 4) is 11.5 Å². The van der Waals surface area contributed by atoms with E-state index in [-0.39, 0.29) is 0 Å². The minimum absolute atomic E-state index is 0.320. The first-order valence-electron chi connectivity index (χ1n) is 14.8. The number of Topliss-reactive ketones (excluding diaryl/α,β-unsaturated/α-hetero) is 1. The summed E-state index contributed by atoms with van der Waals surface area (Å²) in [6.07, 6.45) is 24.9. The van der Waals surface area contributed by atoms with Crippen molar-refractivity contribution in [1.29, 1.82) is 0 Å². The van der Waals surface area contributed by atoms with Crippen LogP contribution in [0.5, 0.6) is 11.5 Å². The maximum absolute atomic E-state index is 12.4. The zero-order valence-corrected chi connectivity index (χ0v) is 22.4. The number of carbonyl (C=O) groups excluding carboxylic acids is 1. The topological polar surface area (TPSA) is 48.4 Å². The van der Waals surface area contributed by atoms with Crippen molar-refractivity contribution in [1.82, 2.24) is 4.98 Å². The van der Waals surface area contributed by atoms with Crippen LogP contribution < -0.4 is 9.47 Å². The number of hydrogen-bond acceptors (Lipinski definition) is 4. The number of ether oxygens (including phenoxy) is 2. The lowest BCUT2D eigenvalue weighted by molar-refractivity contribution is -0.119. The van der Waals surface area contributed by atoms with Crippen LogP contribution in [-0.2, 0) is 24.1 Å². The molecule has 2 aromatic rings. The van der Waals surface area contributed by atoms with Gasteiger partial charge in [-0.1, -0.05) is 63.2 Å². The number of hydrogen-bond donors (Lipinski definition) is 0. The summed E-state index contributed by atoms with van der Waals surface area (Å²) >= 11 is 0. The number of ketones is 1. The predicted octanol–water partition coefficient (Wildman–Crippen LogP) is 8.05. The normalized spacial score (nSPS) is 20.8. The molecule has 0 atom stereocenters. The molecule has 0 unspecified atom stereocenters. The third-order valence-corrected chi connectivity index (χ3v) is 8.64. The Morgan fingerprint density at radius 3 is 2.62 bits per heavy atom. The molecule has 4 nitrogen and oxygen atoms in total. The molecule has 1 fully saturated rings. The Kier molecular flexibility index (Phi) is 9.32. The van der Waals surface area contributed by atoms with Crippen molar-refractivity contribution in [2.75, 3.05) is 6.79 Å². The lowest BCUT2D eigenvalue weighted by atomic mass is 9.81. The molecule has 1 aliphatic heterocycles. The summed E-state index contributed by atoms with van der Waals surface area (Å²) < 4.78 is 10.8. The zero-order chi connectivity index (χ0) is 25.3. The lowest BCUT2D eigenvalue weighted by Gasteiger charge is -2.25. The van der Waals surface area contributed by atoms with E-state index in [0.29, 0.717) is 12.6 Å². The first-order valence-corrected chi connectivity index (χ1v) is 14.8. The second kappa shape index (κ2) is 13.3. The van der Waals surface area contributed by atoms with Gasteiger partial charge in [0.15, 0.2) is 11.5 Å². The van der Waals surface area contributed by atoms with Crippen LogP contribution in [0.15, 0.2) is 36.5 Å². The minimum atomic E-state index is 0.320. The fourth-order valence-electron chi connectivity index (χ4n) is 6.49. The van der Waals surface area contributed by atoms with Gasteiger partial charge in [0.2, 0.25) is 6.79 Å². The van der Waals surface area contributed by atoms with Gasteiger partial charge in [-0.15, -0.1) is 0 Å². The molecule has 1 saturated carbocycles. The van der Waals surface area contributed by atoms with E-state index >= 15 is 0 Å². The Bertz CT molecular complexity index is 1070. The first kappa shape index (κ1) is 26.0. The molecule has 198 valence electrons. The highest BCUT2D eigenvalue weighted by atomic mass is 16.7. The third kappa shape index (κ3) is 7.46. The molecule has 0 amide bonds. The number of aryl methyl sites for hydroxylation is 2. The second-order valence-corrected chi connectivity index (χ2v) is 11.4. The molecule has 0 N–H and O–H groups in total. The fourth-order valence-corrected chi connectivity index (χ4v) is 6.49. The van der Waals surface area contributed by atoms with Gasteiger partial charge in [-0.2, -0.15) is 0 Å². The van der Waals surface area contributed by atoms with Gasteiger partial charge in [0.1, 0.15) is 5.78 Å². The van der Waals surface area contributed by atoms with Gasteiger partial charge in [0.05, 0.1) is 0 Å². The standard InChI is InChI=1S/C33H43NO3/c35-29(15-3-1-8-27-18-19-32-33(23-27)37-24-36-32)16-7-11-25-9-5-12-26(13-6-10-25)22-31-30-17-4-2-14-28(30)20-21-34-31/h4,17-21,23,25-26H,1-3,5-16,22,24H2. The van der Waals surface area contributed by atoms with Crippen molar-refractivity contribution in [3.63, 3.8) is 0 Å². The van der Waals surface area contributed by atoms with Gasteiger partial charge in [-0.25, -0.2) is 0 Å². The number of nitrogens with zero attached hydrogens (tertiary/aromatic N) is 1. The van der Waals surface area contributed by atoms with Crippen LogP contribution in [0.1, 0.15) is 106 Å². The van der Waals surface area contributed by atoms with Gasteiger partial charge < -0.3 is 9.47 Å². The summed E-state index contributed by atoms with van der Waals surface area (Å²) in [6, 6.07) is 8.37. The van der Waals surface area contributed by atoms with Crippen molar-refractivity contribution < 1.29 is 14.3 Å². The summed E-state index contributed by atoms with van der Waals surface area (Å²) in [4.78, 5) is 17.2. The van der Waals surface area contributed by atoms with Gasteiger partial charge in [-0.05, 0) is 91.7 Å². The number of benzene rings is 1. The molecule has 0 radical (unpaired) electrons. The monoisotopic (exact) mass is 501 g/mol. The van der Waals surface area contributed by atoms with E-state index in [4.69, 9.17) is 14.5 Å². The second-order valence-electron chi connectivity index (χ2n) is 11.4. The predicted molar refractivity (Wildman–Crippen MR) is 149 cm³/mol. The van der Waals surface area contributed by atoms with E-state index in [1.54, 1.807) is 0 Å². The molecular formula is C33H43NO3. The van der Waals surface area contributed by atoms with Crippen molar-refractivity contribution in [3.05, 3.63) is 58.9 Å². The van der Waals surface area contributed by atoms with Crippen molar-refractivity contribution in [2.24, 2.45) is 11.8 Å². The van der Waals surface area contributed by atoms with Crippen LogP contribution in [0.4, 0.5) is 0 Å². The Balaban J connectivity index is 0.948. The molecule has 2 heterocycles. The molecule has 0 bridgehead atoms. The summed E-state index contributed by atoms with van der Waals surface area (Å²) in [5, 5.41) is 0. The maximum atomic E-state index is 12.4. The maximum Gasteiger partial charge on any atom is 0.231 e. The van der Waals surface area contributed by atoms with Gasteiger partial charge in [0.25, 0.3) is 0 Å². The summed E-state index contributed by atoms with van der Waals surface area (Å²) in [5.74, 6) is 3.72. The smallest absolute Gasteiger partial charge is 0.231 e. The Hall–Kier alpha value is -2.62. The van der Waals surface area contributed by atoms with Crippen LogP contribution in [0.2, 0.25) is 0 Å². The average Bonchev–Trinajstić information content (AvgIpc) is 3.37. The molecule has 5 rings (SSSR count). The summed E-state index contributed by atoms with van der Waals surface area (Å²) in [6.45, 7) is 0.320. The third-order valence-electron chi connectivity index (χ3n) is 8.64. The van der Waals surface area contributed by atoms with Crippen LogP contribution in [-0.4, -0.2) is 17.6 Å². The minimum Gasteiger partial charge on any atom is -0.454 e. The SMILES string of the molecule is O=C(CCCCc1ccc2c(c1)OCO2)CCCC1CCCC(Cc2nccc3c2C=CCC3)CCC1. The highest BCUT2D eigenvalue weighted by Gasteiger charge is 2.20. The van der Waals surface area contributed by atoms with Crippen LogP contribution in [0.3, 0.4) is 0 Å². The number of pyridine rings is 1. The number of fused-ring (bicyclic) bond motifs is 2. The number of unbranched alkanes of at least 4 members (excludes halogenated alkanes) is 1. The fraction of sp³-hybridized carbons (Fsp3) is 0.576. The Labute approximate surface area is 222 Å². The average molecular weight is 502 g/mol. The summed E-state index contributed by atoms with van der Waals surface area (Å²) in [5.41, 5.74) is 5.48. The van der Waals surface area contributed by atoms with E-state index < -0.39 is 0 Å². The molecule has 1 aromatic carbocycles. The highest BCUT2D eigenvalue weighted by Crippen LogP contribution is 2.34. The van der Waals surface area contributed by atoms with Crippen LogP contribution in [0.25, 0.3) is 6.08 Å². The first-order chi connectivity index (χ1) is 18.2. The molecule has 2 aliphatic carbocycles.